The van der Waals surface area contributed by atoms with Crippen LogP contribution in [0, 0.1) is 0 Å². The third-order valence-corrected chi connectivity index (χ3v) is 5.76. The number of Topliss-reactive ketones (excluding diaryl/α,β-unsaturated/α-hetero) is 1. The highest BCUT2D eigenvalue weighted by atomic mass is 16.5. The third-order valence-electron chi connectivity index (χ3n) is 5.76. The van der Waals surface area contributed by atoms with Gasteiger partial charge >= 0.3 is 0 Å². The van der Waals surface area contributed by atoms with Gasteiger partial charge in [0.1, 0.15) is 5.75 Å². The van der Waals surface area contributed by atoms with Crippen molar-refractivity contribution in [2.75, 3.05) is 7.11 Å². The van der Waals surface area contributed by atoms with E-state index in [-0.39, 0.29) is 17.6 Å². The van der Waals surface area contributed by atoms with Crippen molar-refractivity contribution in [3.8, 4) is 5.75 Å². The van der Waals surface area contributed by atoms with Crippen molar-refractivity contribution in [2.45, 2.75) is 18.3 Å². The predicted molar refractivity (Wildman–Crippen MR) is 126 cm³/mol. The second-order valence-electron chi connectivity index (χ2n) is 7.67. The summed E-state index contributed by atoms with van der Waals surface area (Å²) in [5, 5.41) is 0. The Morgan fingerprint density at radius 3 is 1.61 bits per heavy atom. The molecule has 0 radical (unpaired) electrons. The molecule has 0 saturated heterocycles. The van der Waals surface area contributed by atoms with Crippen molar-refractivity contribution in [2.24, 2.45) is 0 Å². The zero-order chi connectivity index (χ0) is 21.5. The van der Waals surface area contributed by atoms with E-state index in [1.165, 1.54) is 11.1 Å². The van der Waals surface area contributed by atoms with Gasteiger partial charge < -0.3 is 4.74 Å². The van der Waals surface area contributed by atoms with Gasteiger partial charge in [-0.15, -0.1) is 0 Å². The van der Waals surface area contributed by atoms with Crippen molar-refractivity contribution >= 4 is 5.78 Å². The fourth-order valence-corrected chi connectivity index (χ4v) is 4.20. The highest BCUT2D eigenvalue weighted by molar-refractivity contribution is 5.96. The maximum absolute atomic E-state index is 13.3. The Labute approximate surface area is 184 Å². The van der Waals surface area contributed by atoms with E-state index in [0.717, 1.165) is 16.9 Å². The molecule has 0 aliphatic rings. The van der Waals surface area contributed by atoms with Crippen LogP contribution in [0.3, 0.4) is 0 Å². The molecule has 4 aromatic carbocycles. The van der Waals surface area contributed by atoms with Crippen molar-refractivity contribution in [1.82, 2.24) is 0 Å². The van der Waals surface area contributed by atoms with Gasteiger partial charge in [-0.3, -0.25) is 4.79 Å². The van der Waals surface area contributed by atoms with Crippen LogP contribution in [0.15, 0.2) is 115 Å². The van der Waals surface area contributed by atoms with Gasteiger partial charge in [0.05, 0.1) is 7.11 Å². The monoisotopic (exact) mass is 406 g/mol. The van der Waals surface area contributed by atoms with E-state index in [1.807, 2.05) is 54.6 Å². The maximum Gasteiger partial charge on any atom is 0.163 e. The fourth-order valence-electron chi connectivity index (χ4n) is 4.20. The minimum absolute atomic E-state index is 0.0107. The number of hydrogen-bond donors (Lipinski definition) is 0. The molecule has 0 bridgehead atoms. The molecule has 1 atom stereocenters. The lowest BCUT2D eigenvalue weighted by Gasteiger charge is -2.29. The Bertz CT molecular complexity index is 1050. The van der Waals surface area contributed by atoms with Crippen molar-refractivity contribution in [3.63, 3.8) is 0 Å². The number of rotatable bonds is 8. The topological polar surface area (TPSA) is 26.3 Å². The normalized spacial score (nSPS) is 11.8. The minimum atomic E-state index is -0.0107. The minimum Gasteiger partial charge on any atom is -0.497 e. The van der Waals surface area contributed by atoms with Crippen LogP contribution < -0.4 is 4.74 Å². The van der Waals surface area contributed by atoms with Crippen LogP contribution in [-0.2, 0) is 0 Å². The van der Waals surface area contributed by atoms with E-state index < -0.39 is 0 Å². The van der Waals surface area contributed by atoms with Crippen molar-refractivity contribution < 1.29 is 9.53 Å². The number of carbonyl (C=O) groups is 1. The van der Waals surface area contributed by atoms with E-state index in [2.05, 4.69) is 60.7 Å². The fraction of sp³-hybridized carbons (Fsp3) is 0.138. The van der Waals surface area contributed by atoms with Crippen LogP contribution in [0.25, 0.3) is 0 Å². The molecule has 0 spiro atoms. The zero-order valence-electron chi connectivity index (χ0n) is 17.6. The Morgan fingerprint density at radius 2 is 1.13 bits per heavy atom. The van der Waals surface area contributed by atoms with Gasteiger partial charge in [0, 0.05) is 23.8 Å². The molecular formula is C29H26O2. The van der Waals surface area contributed by atoms with E-state index in [9.17, 15) is 4.79 Å². The SMILES string of the molecule is COc1ccc([C@@H](CC(=O)c2ccccc2)C(c2ccccc2)c2ccccc2)cc1. The predicted octanol–water partition coefficient (Wildman–Crippen LogP) is 6.88. The summed E-state index contributed by atoms with van der Waals surface area (Å²) >= 11 is 0. The summed E-state index contributed by atoms with van der Waals surface area (Å²) < 4.78 is 5.36. The lowest BCUT2D eigenvalue weighted by atomic mass is 9.74. The molecule has 2 heteroatoms. The molecule has 4 aromatic rings. The molecule has 0 heterocycles. The first-order chi connectivity index (χ1) is 15.3. The van der Waals surface area contributed by atoms with Gasteiger partial charge in [0.25, 0.3) is 0 Å². The highest BCUT2D eigenvalue weighted by Crippen LogP contribution is 2.41. The maximum atomic E-state index is 13.3. The summed E-state index contributed by atoms with van der Waals surface area (Å²) in [5.41, 5.74) is 4.29. The molecule has 31 heavy (non-hydrogen) atoms. The average molecular weight is 407 g/mol. The summed E-state index contributed by atoms with van der Waals surface area (Å²) in [4.78, 5) is 13.3. The largest absolute Gasteiger partial charge is 0.497 e. The van der Waals surface area contributed by atoms with Gasteiger partial charge in [-0.05, 0) is 28.8 Å². The summed E-state index contributed by atoms with van der Waals surface area (Å²) in [7, 11) is 1.67. The van der Waals surface area contributed by atoms with E-state index in [4.69, 9.17) is 4.74 Å². The Hall–Kier alpha value is -3.65. The Kier molecular flexibility index (Phi) is 6.59. The number of hydrogen-bond acceptors (Lipinski definition) is 2. The summed E-state index contributed by atoms with van der Waals surface area (Å²) in [6, 6.07) is 38.6. The smallest absolute Gasteiger partial charge is 0.163 e. The number of benzene rings is 4. The average Bonchev–Trinajstić information content (AvgIpc) is 2.85. The van der Waals surface area contributed by atoms with Crippen LogP contribution in [-0.4, -0.2) is 12.9 Å². The van der Waals surface area contributed by atoms with Crippen LogP contribution in [0.5, 0.6) is 5.75 Å². The molecule has 0 amide bonds. The van der Waals surface area contributed by atoms with E-state index in [0.29, 0.717) is 6.42 Å². The van der Waals surface area contributed by atoms with Crippen LogP contribution >= 0.6 is 0 Å². The van der Waals surface area contributed by atoms with Gasteiger partial charge in [-0.25, -0.2) is 0 Å². The van der Waals surface area contributed by atoms with Gasteiger partial charge in [-0.1, -0.05) is 103 Å². The van der Waals surface area contributed by atoms with Crippen LogP contribution in [0.2, 0.25) is 0 Å². The zero-order valence-corrected chi connectivity index (χ0v) is 17.6. The summed E-state index contributed by atoms with van der Waals surface area (Å²) in [6.07, 6.45) is 0.421. The summed E-state index contributed by atoms with van der Waals surface area (Å²) in [5.74, 6) is 1.01. The molecule has 0 fully saturated rings. The molecular weight excluding hydrogens is 380 g/mol. The highest BCUT2D eigenvalue weighted by Gasteiger charge is 2.29. The summed E-state index contributed by atoms with van der Waals surface area (Å²) in [6.45, 7) is 0. The van der Waals surface area contributed by atoms with Gasteiger partial charge in [0.15, 0.2) is 5.78 Å². The molecule has 0 aliphatic carbocycles. The number of ketones is 1. The first-order valence-electron chi connectivity index (χ1n) is 10.6. The molecule has 0 unspecified atom stereocenters. The molecule has 2 nitrogen and oxygen atoms in total. The van der Waals surface area contributed by atoms with Crippen LogP contribution in [0.1, 0.15) is 45.3 Å². The standard InChI is InChI=1S/C29H26O2/c1-31-26-19-17-22(18-20-26)27(21-28(30)23-11-5-2-6-12-23)29(24-13-7-3-8-14-24)25-15-9-4-10-16-25/h2-20,27,29H,21H2,1H3/t27-/m1/s1. The number of methoxy groups -OCH3 is 1. The van der Waals surface area contributed by atoms with Crippen LogP contribution in [0.4, 0.5) is 0 Å². The van der Waals surface area contributed by atoms with Crippen molar-refractivity contribution in [3.05, 3.63) is 138 Å². The molecule has 4 rings (SSSR count). The molecule has 0 aliphatic heterocycles. The second-order valence-corrected chi connectivity index (χ2v) is 7.67. The quantitative estimate of drug-likeness (QED) is 0.298. The first-order valence-corrected chi connectivity index (χ1v) is 10.6. The first kappa shape index (κ1) is 20.6. The van der Waals surface area contributed by atoms with Crippen molar-refractivity contribution in [1.29, 1.82) is 0 Å². The van der Waals surface area contributed by atoms with E-state index in [1.54, 1.807) is 7.11 Å². The lowest BCUT2D eigenvalue weighted by Crippen LogP contribution is -2.17. The molecule has 154 valence electrons. The lowest BCUT2D eigenvalue weighted by molar-refractivity contribution is 0.0971. The second kappa shape index (κ2) is 9.90. The van der Waals surface area contributed by atoms with E-state index >= 15 is 0 Å². The number of carbonyl (C=O) groups excluding carboxylic acids is 1. The van der Waals surface area contributed by atoms with Gasteiger partial charge in [-0.2, -0.15) is 0 Å². The number of ether oxygens (including phenoxy) is 1. The molecule has 0 N–H and O–H groups in total. The Morgan fingerprint density at radius 1 is 0.645 bits per heavy atom. The third kappa shape index (κ3) is 4.92. The molecule has 0 aromatic heterocycles. The van der Waals surface area contributed by atoms with Gasteiger partial charge in [0.2, 0.25) is 0 Å². The molecule has 0 saturated carbocycles. The Balaban J connectivity index is 1.80.